The predicted octanol–water partition coefficient (Wildman–Crippen LogP) is 2.43. The third-order valence-corrected chi connectivity index (χ3v) is 4.66. The molecule has 110 valence electrons. The van der Waals surface area contributed by atoms with Gasteiger partial charge in [-0.25, -0.2) is 0 Å². The molecule has 1 aliphatic heterocycles. The van der Waals surface area contributed by atoms with Gasteiger partial charge in [0.05, 0.1) is 7.11 Å². The van der Waals surface area contributed by atoms with E-state index in [-0.39, 0.29) is 11.8 Å². The number of allylic oxidation sites excluding steroid dienone is 1. The highest BCUT2D eigenvalue weighted by molar-refractivity contribution is 6.09. The number of piperidine rings is 1. The molecule has 1 aromatic carbocycles. The zero-order valence-corrected chi connectivity index (χ0v) is 12.4. The molecule has 1 unspecified atom stereocenters. The summed E-state index contributed by atoms with van der Waals surface area (Å²) in [5.74, 6) is 0.487. The Morgan fingerprint density at radius 1 is 1.29 bits per heavy atom. The van der Waals surface area contributed by atoms with Crippen molar-refractivity contribution in [2.24, 2.45) is 0 Å². The Balaban J connectivity index is 2.15. The van der Waals surface area contributed by atoms with E-state index in [0.29, 0.717) is 6.42 Å². The van der Waals surface area contributed by atoms with Crippen molar-refractivity contribution < 1.29 is 14.3 Å². The van der Waals surface area contributed by atoms with E-state index in [1.54, 1.807) is 14.2 Å². The normalized spacial score (nSPS) is 25.4. The molecule has 4 nitrogen and oxygen atoms in total. The second-order valence-electron chi connectivity index (χ2n) is 5.76. The van der Waals surface area contributed by atoms with Crippen molar-refractivity contribution in [3.8, 4) is 5.75 Å². The van der Waals surface area contributed by atoms with Gasteiger partial charge in [0, 0.05) is 24.5 Å². The van der Waals surface area contributed by atoms with Gasteiger partial charge in [-0.2, -0.15) is 0 Å². The number of nitrogens with zero attached hydrogens (tertiary/aromatic N) is 1. The van der Waals surface area contributed by atoms with Crippen LogP contribution in [0.5, 0.6) is 5.75 Å². The Hall–Kier alpha value is -2.10. The van der Waals surface area contributed by atoms with Gasteiger partial charge in [-0.1, -0.05) is 18.2 Å². The van der Waals surface area contributed by atoms with E-state index >= 15 is 0 Å². The molecule has 1 heterocycles. The second kappa shape index (κ2) is 5.02. The first kappa shape index (κ1) is 13.9. The van der Waals surface area contributed by atoms with Gasteiger partial charge in [0.1, 0.15) is 5.75 Å². The predicted molar refractivity (Wildman–Crippen MR) is 79.0 cm³/mol. The molecule has 0 aromatic heterocycles. The van der Waals surface area contributed by atoms with E-state index in [9.17, 15) is 9.59 Å². The zero-order chi connectivity index (χ0) is 15.0. The first-order valence-electron chi connectivity index (χ1n) is 7.24. The van der Waals surface area contributed by atoms with E-state index in [0.717, 1.165) is 36.1 Å². The van der Waals surface area contributed by atoms with Crippen LogP contribution in [-0.2, 0) is 15.0 Å². The van der Waals surface area contributed by atoms with Crippen LogP contribution in [0.2, 0.25) is 0 Å². The standard InChI is InChI=1S/C17H19NO3/c1-18-15(19)11-17(9-4-3-8-14(17)16(18)20)12-6-5-7-13(10-12)21-2/h5-8,10H,3-4,9,11H2,1-2H3. The summed E-state index contributed by atoms with van der Waals surface area (Å²) in [7, 11) is 3.19. The van der Waals surface area contributed by atoms with Crippen molar-refractivity contribution in [1.82, 2.24) is 4.90 Å². The van der Waals surface area contributed by atoms with Crippen molar-refractivity contribution in [1.29, 1.82) is 0 Å². The van der Waals surface area contributed by atoms with Crippen molar-refractivity contribution in [2.45, 2.75) is 31.1 Å². The van der Waals surface area contributed by atoms with E-state index in [1.807, 2.05) is 30.3 Å². The van der Waals surface area contributed by atoms with Crippen LogP contribution in [0.25, 0.3) is 0 Å². The molecular formula is C17H19NO3. The largest absolute Gasteiger partial charge is 0.497 e. The lowest BCUT2D eigenvalue weighted by molar-refractivity contribution is -0.145. The van der Waals surface area contributed by atoms with Gasteiger partial charge in [-0.05, 0) is 37.0 Å². The number of benzene rings is 1. The summed E-state index contributed by atoms with van der Waals surface area (Å²) in [4.78, 5) is 26.0. The van der Waals surface area contributed by atoms with Crippen molar-refractivity contribution >= 4 is 11.8 Å². The SMILES string of the molecule is COc1cccc(C23CCCC=C2C(=O)N(C)C(=O)C3)c1. The van der Waals surface area contributed by atoms with Crippen LogP contribution < -0.4 is 4.74 Å². The smallest absolute Gasteiger partial charge is 0.256 e. The van der Waals surface area contributed by atoms with Crippen molar-refractivity contribution in [3.05, 3.63) is 41.5 Å². The van der Waals surface area contributed by atoms with E-state index in [2.05, 4.69) is 0 Å². The van der Waals surface area contributed by atoms with Gasteiger partial charge in [0.15, 0.2) is 0 Å². The summed E-state index contributed by atoms with van der Waals surface area (Å²) in [5, 5.41) is 0. The lowest BCUT2D eigenvalue weighted by Crippen LogP contribution is -2.50. The average Bonchev–Trinajstić information content (AvgIpc) is 2.53. The molecule has 1 saturated heterocycles. The number of amides is 2. The number of hydrogen-bond donors (Lipinski definition) is 0. The fourth-order valence-electron chi connectivity index (χ4n) is 3.45. The minimum Gasteiger partial charge on any atom is -0.497 e. The molecule has 1 aromatic rings. The first-order valence-corrected chi connectivity index (χ1v) is 7.24. The molecular weight excluding hydrogens is 266 g/mol. The summed E-state index contributed by atoms with van der Waals surface area (Å²) in [5.41, 5.74) is 1.29. The molecule has 1 atom stereocenters. The van der Waals surface area contributed by atoms with Gasteiger partial charge < -0.3 is 4.74 Å². The summed E-state index contributed by atoms with van der Waals surface area (Å²) in [6.45, 7) is 0. The quantitative estimate of drug-likeness (QED) is 0.784. The summed E-state index contributed by atoms with van der Waals surface area (Å²) < 4.78 is 5.30. The number of fused-ring (bicyclic) bond motifs is 1. The number of imide groups is 1. The maximum absolute atomic E-state index is 12.5. The molecule has 3 rings (SSSR count). The Labute approximate surface area is 124 Å². The Kier molecular flexibility index (Phi) is 3.32. The number of carbonyl (C=O) groups excluding carboxylic acids is 2. The number of likely N-dealkylation sites (tertiary alicyclic amines) is 1. The number of ether oxygens (including phenoxy) is 1. The zero-order valence-electron chi connectivity index (χ0n) is 12.4. The van der Waals surface area contributed by atoms with Gasteiger partial charge >= 0.3 is 0 Å². The Bertz CT molecular complexity index is 635. The third kappa shape index (κ3) is 2.06. The van der Waals surface area contributed by atoms with Crippen LogP contribution in [0.1, 0.15) is 31.2 Å². The molecule has 0 saturated carbocycles. The van der Waals surface area contributed by atoms with Crippen LogP contribution >= 0.6 is 0 Å². The molecule has 1 fully saturated rings. The molecule has 0 bridgehead atoms. The molecule has 1 aliphatic carbocycles. The fraction of sp³-hybridized carbons (Fsp3) is 0.412. The number of rotatable bonds is 2. The van der Waals surface area contributed by atoms with Gasteiger partial charge in [0.25, 0.3) is 5.91 Å². The highest BCUT2D eigenvalue weighted by Gasteiger charge is 2.48. The molecule has 0 N–H and O–H groups in total. The summed E-state index contributed by atoms with van der Waals surface area (Å²) in [6.07, 6.45) is 5.08. The van der Waals surface area contributed by atoms with Crippen LogP contribution in [0.4, 0.5) is 0 Å². The third-order valence-electron chi connectivity index (χ3n) is 4.66. The first-order chi connectivity index (χ1) is 10.1. The van der Waals surface area contributed by atoms with Crippen LogP contribution in [0.15, 0.2) is 35.9 Å². The summed E-state index contributed by atoms with van der Waals surface area (Å²) >= 11 is 0. The highest BCUT2D eigenvalue weighted by atomic mass is 16.5. The van der Waals surface area contributed by atoms with Gasteiger partial charge in [-0.15, -0.1) is 0 Å². The van der Waals surface area contributed by atoms with E-state index < -0.39 is 5.41 Å². The lowest BCUT2D eigenvalue weighted by atomic mass is 9.63. The van der Waals surface area contributed by atoms with Crippen LogP contribution in [0, 0.1) is 0 Å². The molecule has 4 heteroatoms. The van der Waals surface area contributed by atoms with Gasteiger partial charge in [0.2, 0.25) is 5.91 Å². The Morgan fingerprint density at radius 3 is 2.86 bits per heavy atom. The van der Waals surface area contributed by atoms with E-state index in [1.165, 1.54) is 4.90 Å². The highest BCUT2D eigenvalue weighted by Crippen LogP contribution is 2.47. The second-order valence-corrected chi connectivity index (χ2v) is 5.76. The maximum atomic E-state index is 12.5. The number of likely N-dealkylation sites (N-methyl/N-ethyl adjacent to an activating group) is 1. The Morgan fingerprint density at radius 2 is 2.10 bits per heavy atom. The minimum atomic E-state index is -0.479. The summed E-state index contributed by atoms with van der Waals surface area (Å²) in [6, 6.07) is 7.74. The molecule has 2 aliphatic rings. The lowest BCUT2D eigenvalue weighted by Gasteiger charge is -2.43. The molecule has 0 radical (unpaired) electrons. The topological polar surface area (TPSA) is 46.6 Å². The average molecular weight is 285 g/mol. The van der Waals surface area contributed by atoms with Crippen molar-refractivity contribution in [2.75, 3.05) is 14.2 Å². The fourth-order valence-corrected chi connectivity index (χ4v) is 3.45. The number of carbonyl (C=O) groups is 2. The monoisotopic (exact) mass is 285 g/mol. The maximum Gasteiger partial charge on any atom is 0.256 e. The molecule has 2 amide bonds. The van der Waals surface area contributed by atoms with Crippen molar-refractivity contribution in [3.63, 3.8) is 0 Å². The van der Waals surface area contributed by atoms with Crippen LogP contribution in [0.3, 0.4) is 0 Å². The van der Waals surface area contributed by atoms with Gasteiger partial charge in [-0.3, -0.25) is 14.5 Å². The van der Waals surface area contributed by atoms with Crippen LogP contribution in [-0.4, -0.2) is 30.9 Å². The minimum absolute atomic E-state index is 0.109. The molecule has 21 heavy (non-hydrogen) atoms. The number of methoxy groups -OCH3 is 1. The van der Waals surface area contributed by atoms with E-state index in [4.69, 9.17) is 4.74 Å². The molecule has 0 spiro atoms. The number of hydrogen-bond acceptors (Lipinski definition) is 3.